The summed E-state index contributed by atoms with van der Waals surface area (Å²) in [6.07, 6.45) is 4.00. The van der Waals surface area contributed by atoms with Crippen molar-refractivity contribution in [2.24, 2.45) is 0 Å². The Balaban J connectivity index is 1.35. The molecule has 2 fully saturated rings. The fourth-order valence-electron chi connectivity index (χ4n) is 3.96. The van der Waals surface area contributed by atoms with Crippen molar-refractivity contribution in [2.75, 3.05) is 49.5 Å². The number of nitrogens with zero attached hydrogens (tertiary/aromatic N) is 4. The number of hydrogen-bond donors (Lipinski definition) is 1. The summed E-state index contributed by atoms with van der Waals surface area (Å²) >= 11 is 0. The molecular formula is C22H29N5O2. The van der Waals surface area contributed by atoms with Gasteiger partial charge < -0.3 is 19.9 Å². The number of benzene rings is 1. The van der Waals surface area contributed by atoms with Crippen LogP contribution in [0.2, 0.25) is 0 Å². The van der Waals surface area contributed by atoms with Crippen LogP contribution in [-0.4, -0.2) is 66.2 Å². The molecule has 1 aromatic carbocycles. The van der Waals surface area contributed by atoms with Crippen LogP contribution in [0.5, 0.6) is 0 Å². The molecule has 2 aliphatic rings. The van der Waals surface area contributed by atoms with E-state index in [0.29, 0.717) is 31.3 Å². The maximum absolute atomic E-state index is 12.9. The Labute approximate surface area is 172 Å². The maximum Gasteiger partial charge on any atom is 0.272 e. The zero-order chi connectivity index (χ0) is 20.2. The van der Waals surface area contributed by atoms with E-state index in [-0.39, 0.29) is 12.0 Å². The molecule has 0 spiro atoms. The lowest BCUT2D eigenvalue weighted by Crippen LogP contribution is -2.49. The topological polar surface area (TPSA) is 70.6 Å². The van der Waals surface area contributed by atoms with E-state index in [1.807, 2.05) is 4.90 Å². The van der Waals surface area contributed by atoms with Gasteiger partial charge in [-0.15, -0.1) is 0 Å². The Kier molecular flexibility index (Phi) is 5.94. The van der Waals surface area contributed by atoms with E-state index in [4.69, 9.17) is 4.74 Å². The molecule has 3 heterocycles. The number of rotatable bonds is 5. The van der Waals surface area contributed by atoms with Gasteiger partial charge in [0.2, 0.25) is 5.95 Å². The van der Waals surface area contributed by atoms with Crippen LogP contribution in [0.3, 0.4) is 0 Å². The summed E-state index contributed by atoms with van der Waals surface area (Å²) in [7, 11) is 0. The predicted octanol–water partition coefficient (Wildman–Crippen LogP) is 2.65. The van der Waals surface area contributed by atoms with Crippen LogP contribution >= 0.6 is 0 Å². The number of piperazine rings is 1. The number of ether oxygens (including phenoxy) is 1. The molecule has 1 N–H and O–H groups in total. The minimum absolute atomic E-state index is 0.0341. The van der Waals surface area contributed by atoms with Gasteiger partial charge in [0, 0.05) is 51.2 Å². The summed E-state index contributed by atoms with van der Waals surface area (Å²) in [6, 6.07) is 8.09. The molecule has 1 atom stereocenters. The van der Waals surface area contributed by atoms with Crippen LogP contribution in [0.15, 0.2) is 30.5 Å². The summed E-state index contributed by atoms with van der Waals surface area (Å²) in [6.45, 7) is 8.82. The molecule has 1 unspecified atom stereocenters. The number of hydrogen-bond acceptors (Lipinski definition) is 6. The number of carbonyl (C=O) groups is 1. The van der Waals surface area contributed by atoms with Gasteiger partial charge in [0.15, 0.2) is 0 Å². The molecule has 0 radical (unpaired) electrons. The van der Waals surface area contributed by atoms with Gasteiger partial charge in [0.05, 0.1) is 6.10 Å². The third-order valence-corrected chi connectivity index (χ3v) is 5.87. The van der Waals surface area contributed by atoms with E-state index in [9.17, 15) is 4.79 Å². The van der Waals surface area contributed by atoms with Crippen molar-refractivity contribution in [3.05, 3.63) is 47.3 Å². The highest BCUT2D eigenvalue weighted by molar-refractivity contribution is 5.92. The zero-order valence-corrected chi connectivity index (χ0v) is 17.2. The molecule has 2 saturated heterocycles. The van der Waals surface area contributed by atoms with Gasteiger partial charge >= 0.3 is 0 Å². The first-order valence-electron chi connectivity index (χ1n) is 10.4. The van der Waals surface area contributed by atoms with E-state index < -0.39 is 0 Å². The first-order valence-corrected chi connectivity index (χ1v) is 10.4. The fourth-order valence-corrected chi connectivity index (χ4v) is 3.96. The van der Waals surface area contributed by atoms with Gasteiger partial charge in [-0.25, -0.2) is 9.97 Å². The summed E-state index contributed by atoms with van der Waals surface area (Å²) in [5.41, 5.74) is 4.31. The summed E-state index contributed by atoms with van der Waals surface area (Å²) in [5.74, 6) is 0.452. The minimum atomic E-state index is -0.0341. The minimum Gasteiger partial charge on any atom is -0.376 e. The molecule has 2 aliphatic heterocycles. The van der Waals surface area contributed by atoms with Crippen LogP contribution in [0.1, 0.15) is 34.5 Å². The van der Waals surface area contributed by atoms with Gasteiger partial charge in [0.1, 0.15) is 5.69 Å². The van der Waals surface area contributed by atoms with E-state index in [1.54, 1.807) is 12.3 Å². The number of nitrogens with one attached hydrogen (secondary N) is 1. The van der Waals surface area contributed by atoms with Crippen molar-refractivity contribution >= 4 is 17.5 Å². The number of aromatic nitrogens is 2. The Morgan fingerprint density at radius 3 is 2.79 bits per heavy atom. The molecule has 0 bridgehead atoms. The molecule has 1 aromatic heterocycles. The third-order valence-electron chi connectivity index (χ3n) is 5.87. The SMILES string of the molecule is Cc1cccc(N2CCN(C(=O)c3ccnc(NCC4CCCO4)n3)CC2)c1C. The number of anilines is 2. The summed E-state index contributed by atoms with van der Waals surface area (Å²) in [5, 5.41) is 3.20. The van der Waals surface area contributed by atoms with Crippen molar-refractivity contribution in [3.63, 3.8) is 0 Å². The lowest BCUT2D eigenvalue weighted by atomic mass is 10.1. The highest BCUT2D eigenvalue weighted by Crippen LogP contribution is 2.24. The number of carbonyl (C=O) groups excluding carboxylic acids is 1. The van der Waals surface area contributed by atoms with Crippen LogP contribution in [0, 0.1) is 13.8 Å². The highest BCUT2D eigenvalue weighted by Gasteiger charge is 2.24. The first kappa shape index (κ1) is 19.6. The Hall–Kier alpha value is -2.67. The fraction of sp³-hybridized carbons (Fsp3) is 0.500. The van der Waals surface area contributed by atoms with Crippen LogP contribution in [-0.2, 0) is 4.74 Å². The number of amides is 1. The molecule has 0 aliphatic carbocycles. The van der Waals surface area contributed by atoms with Gasteiger partial charge in [-0.2, -0.15) is 0 Å². The molecule has 29 heavy (non-hydrogen) atoms. The van der Waals surface area contributed by atoms with Gasteiger partial charge in [-0.3, -0.25) is 4.79 Å². The van der Waals surface area contributed by atoms with E-state index in [1.165, 1.54) is 16.8 Å². The predicted molar refractivity (Wildman–Crippen MR) is 114 cm³/mol. The molecule has 154 valence electrons. The van der Waals surface area contributed by atoms with Crippen LogP contribution in [0.4, 0.5) is 11.6 Å². The highest BCUT2D eigenvalue weighted by atomic mass is 16.5. The second kappa shape index (κ2) is 8.78. The van der Waals surface area contributed by atoms with Crippen LogP contribution in [0.25, 0.3) is 0 Å². The second-order valence-corrected chi connectivity index (χ2v) is 7.78. The van der Waals surface area contributed by atoms with Crippen molar-refractivity contribution in [2.45, 2.75) is 32.8 Å². The molecule has 2 aromatic rings. The Morgan fingerprint density at radius 1 is 1.21 bits per heavy atom. The normalized spacial score (nSPS) is 19.4. The quantitative estimate of drug-likeness (QED) is 0.839. The van der Waals surface area contributed by atoms with Crippen molar-refractivity contribution < 1.29 is 9.53 Å². The van der Waals surface area contributed by atoms with Gasteiger partial charge in [0.25, 0.3) is 5.91 Å². The van der Waals surface area contributed by atoms with Crippen molar-refractivity contribution in [1.82, 2.24) is 14.9 Å². The van der Waals surface area contributed by atoms with Gasteiger partial charge in [-0.05, 0) is 49.9 Å². The average Bonchev–Trinajstić information content (AvgIpc) is 3.28. The van der Waals surface area contributed by atoms with E-state index in [2.05, 4.69) is 52.2 Å². The molecule has 0 saturated carbocycles. The second-order valence-electron chi connectivity index (χ2n) is 7.78. The molecule has 7 heteroatoms. The lowest BCUT2D eigenvalue weighted by molar-refractivity contribution is 0.0741. The average molecular weight is 396 g/mol. The third kappa shape index (κ3) is 4.50. The maximum atomic E-state index is 12.9. The van der Waals surface area contributed by atoms with Gasteiger partial charge in [-0.1, -0.05) is 12.1 Å². The smallest absolute Gasteiger partial charge is 0.272 e. The number of aryl methyl sites for hydroxylation is 1. The Morgan fingerprint density at radius 2 is 2.03 bits per heavy atom. The zero-order valence-electron chi connectivity index (χ0n) is 17.2. The van der Waals surface area contributed by atoms with E-state index in [0.717, 1.165) is 32.5 Å². The molecule has 7 nitrogen and oxygen atoms in total. The summed E-state index contributed by atoms with van der Waals surface area (Å²) < 4.78 is 5.61. The molecular weight excluding hydrogens is 366 g/mol. The van der Waals surface area contributed by atoms with Crippen molar-refractivity contribution in [3.8, 4) is 0 Å². The molecule has 4 rings (SSSR count). The molecule has 1 amide bonds. The van der Waals surface area contributed by atoms with Crippen LogP contribution < -0.4 is 10.2 Å². The standard InChI is InChI=1S/C22H29N5O2/c1-16-5-3-7-20(17(16)2)26-10-12-27(13-11-26)21(28)19-8-9-23-22(25-19)24-15-18-6-4-14-29-18/h3,5,7-9,18H,4,6,10-15H2,1-2H3,(H,23,24,25). The lowest BCUT2D eigenvalue weighted by Gasteiger charge is -2.37. The first-order chi connectivity index (χ1) is 14.1. The van der Waals surface area contributed by atoms with E-state index >= 15 is 0 Å². The largest absolute Gasteiger partial charge is 0.376 e. The monoisotopic (exact) mass is 395 g/mol. The van der Waals surface area contributed by atoms with Crippen molar-refractivity contribution in [1.29, 1.82) is 0 Å². The Bertz CT molecular complexity index is 858. The summed E-state index contributed by atoms with van der Waals surface area (Å²) in [4.78, 5) is 25.9.